The number of nitrogens with one attached hydrogen (secondary N) is 2. The number of rotatable bonds is 8. The molecule has 1 heterocycles. The zero-order chi connectivity index (χ0) is 21.5. The number of fused-ring (bicyclic) bond motifs is 1. The van der Waals surface area contributed by atoms with E-state index in [0.29, 0.717) is 25.7 Å². The Hall–Kier alpha value is -3.06. The lowest BCUT2D eigenvalue weighted by atomic mass is 10.1. The lowest BCUT2D eigenvalue weighted by Gasteiger charge is -2.16. The Bertz CT molecular complexity index is 1020. The minimum Gasteiger partial charge on any atom is -0.490 e. The molecule has 0 saturated heterocycles. The van der Waals surface area contributed by atoms with Crippen LogP contribution in [0.1, 0.15) is 43.7 Å². The normalized spacial score (nSPS) is 12.8. The monoisotopic (exact) mass is 413 g/mol. The Kier molecular flexibility index (Phi) is 7.30. The summed E-state index contributed by atoms with van der Waals surface area (Å²) in [5.74, 6) is 1.70. The molecule has 0 aliphatic carbocycles. The number of guanidine groups is 1. The van der Waals surface area contributed by atoms with Gasteiger partial charge in [-0.05, 0) is 50.6 Å². The summed E-state index contributed by atoms with van der Waals surface area (Å²) >= 11 is 0. The minimum atomic E-state index is -0.416. The van der Waals surface area contributed by atoms with Gasteiger partial charge in [0.1, 0.15) is 11.6 Å². The van der Waals surface area contributed by atoms with Crippen LogP contribution in [-0.2, 0) is 13.2 Å². The number of furan rings is 1. The van der Waals surface area contributed by atoms with Gasteiger partial charge < -0.3 is 24.9 Å². The van der Waals surface area contributed by atoms with Crippen LogP contribution in [0.25, 0.3) is 11.0 Å². The van der Waals surface area contributed by atoms with Crippen LogP contribution < -0.4 is 15.4 Å². The van der Waals surface area contributed by atoms with Crippen molar-refractivity contribution in [3.63, 3.8) is 0 Å². The van der Waals surface area contributed by atoms with Gasteiger partial charge in [0.05, 0.1) is 25.8 Å². The van der Waals surface area contributed by atoms with Crippen molar-refractivity contribution >= 4 is 16.9 Å². The highest BCUT2D eigenvalue weighted by Gasteiger charge is 2.15. The number of aliphatic imine (C=N–C) groups is 1. The zero-order valence-electron chi connectivity index (χ0n) is 17.5. The third-order valence-electron chi connectivity index (χ3n) is 4.65. The number of hydrogen-bond donors (Lipinski definition) is 3. The molecule has 0 aliphatic heterocycles. The summed E-state index contributed by atoms with van der Waals surface area (Å²) in [5.41, 5.74) is 1.81. The molecule has 3 aromatic rings. The van der Waals surface area contributed by atoms with Gasteiger partial charge in [0.25, 0.3) is 0 Å². The van der Waals surface area contributed by atoms with Crippen molar-refractivity contribution in [1.82, 2.24) is 10.6 Å². The topological polar surface area (TPSA) is 79.0 Å². The molecule has 0 spiro atoms. The molecular formula is C23H28FN3O3. The Balaban J connectivity index is 1.76. The van der Waals surface area contributed by atoms with Crippen molar-refractivity contribution in [3.8, 4) is 5.75 Å². The number of ether oxygens (including phenoxy) is 1. The van der Waals surface area contributed by atoms with Crippen LogP contribution in [0, 0.1) is 5.82 Å². The molecule has 0 fully saturated rings. The highest BCUT2D eigenvalue weighted by Crippen LogP contribution is 2.31. The molecule has 3 rings (SSSR count). The van der Waals surface area contributed by atoms with Crippen LogP contribution in [-0.4, -0.2) is 24.2 Å². The summed E-state index contributed by atoms with van der Waals surface area (Å²) in [7, 11) is 0. The summed E-state index contributed by atoms with van der Waals surface area (Å²) < 4.78 is 25.3. The highest BCUT2D eigenvalue weighted by molar-refractivity contribution is 5.84. The molecule has 6 nitrogen and oxygen atoms in total. The molecule has 1 unspecified atom stereocenters. The largest absolute Gasteiger partial charge is 0.490 e. The summed E-state index contributed by atoms with van der Waals surface area (Å²) in [5, 5.41) is 16.8. The predicted octanol–water partition coefficient (Wildman–Crippen LogP) is 4.28. The lowest BCUT2D eigenvalue weighted by molar-refractivity contribution is 0.275. The molecular weight excluding hydrogens is 385 g/mol. The molecule has 30 heavy (non-hydrogen) atoms. The Morgan fingerprint density at radius 2 is 2.07 bits per heavy atom. The summed E-state index contributed by atoms with van der Waals surface area (Å²) in [6.45, 7) is 7.20. The van der Waals surface area contributed by atoms with Crippen molar-refractivity contribution in [3.05, 3.63) is 65.2 Å². The Morgan fingerprint density at radius 3 is 2.80 bits per heavy atom. The summed E-state index contributed by atoms with van der Waals surface area (Å²) in [6.07, 6.45) is 0. The van der Waals surface area contributed by atoms with Gasteiger partial charge in [0.2, 0.25) is 0 Å². The van der Waals surface area contributed by atoms with Gasteiger partial charge in [-0.1, -0.05) is 18.2 Å². The second-order valence-corrected chi connectivity index (χ2v) is 6.90. The van der Waals surface area contributed by atoms with Gasteiger partial charge in [-0.25, -0.2) is 9.38 Å². The van der Waals surface area contributed by atoms with E-state index in [1.165, 1.54) is 6.07 Å². The van der Waals surface area contributed by atoms with Crippen LogP contribution >= 0.6 is 0 Å². The molecule has 0 bridgehead atoms. The molecule has 0 aliphatic rings. The maximum absolute atomic E-state index is 13.6. The van der Waals surface area contributed by atoms with E-state index in [9.17, 15) is 9.50 Å². The molecule has 1 atom stereocenters. The smallest absolute Gasteiger partial charge is 0.192 e. The molecule has 2 aromatic carbocycles. The predicted molar refractivity (Wildman–Crippen MR) is 116 cm³/mol. The quantitative estimate of drug-likeness (QED) is 0.379. The molecule has 0 saturated carbocycles. The average molecular weight is 413 g/mol. The third kappa shape index (κ3) is 5.10. The van der Waals surface area contributed by atoms with Crippen molar-refractivity contribution < 1.29 is 18.7 Å². The van der Waals surface area contributed by atoms with Gasteiger partial charge in [0, 0.05) is 17.5 Å². The number of halogens is 1. The standard InChI is InChI=1S/C23H28FN3O3/c1-4-25-23(26-13-16-9-10-19(24)18(11-16)14-28)27-15(3)21-12-17-7-6-8-20(29-5-2)22(17)30-21/h6-12,15,28H,4-5,13-14H2,1-3H3,(H2,25,26,27). The van der Waals surface area contributed by atoms with Crippen LogP contribution in [0.3, 0.4) is 0 Å². The van der Waals surface area contributed by atoms with E-state index in [2.05, 4.69) is 15.6 Å². The van der Waals surface area contributed by atoms with E-state index < -0.39 is 5.82 Å². The van der Waals surface area contributed by atoms with Crippen molar-refractivity contribution in [2.24, 2.45) is 4.99 Å². The number of benzene rings is 2. The molecule has 1 aromatic heterocycles. The van der Waals surface area contributed by atoms with Crippen molar-refractivity contribution in [2.45, 2.75) is 40.0 Å². The number of hydrogen-bond acceptors (Lipinski definition) is 4. The van der Waals surface area contributed by atoms with E-state index >= 15 is 0 Å². The van der Waals surface area contributed by atoms with E-state index in [0.717, 1.165) is 28.0 Å². The highest BCUT2D eigenvalue weighted by atomic mass is 19.1. The third-order valence-corrected chi connectivity index (χ3v) is 4.65. The zero-order valence-corrected chi connectivity index (χ0v) is 17.5. The second-order valence-electron chi connectivity index (χ2n) is 6.90. The molecule has 0 amide bonds. The number of para-hydroxylation sites is 1. The maximum atomic E-state index is 13.6. The van der Waals surface area contributed by atoms with Crippen molar-refractivity contribution in [2.75, 3.05) is 13.2 Å². The molecule has 160 valence electrons. The van der Waals surface area contributed by atoms with Crippen LogP contribution in [0.2, 0.25) is 0 Å². The molecule has 7 heteroatoms. The van der Waals surface area contributed by atoms with E-state index in [4.69, 9.17) is 9.15 Å². The van der Waals surface area contributed by atoms with Crippen LogP contribution in [0.5, 0.6) is 5.75 Å². The van der Waals surface area contributed by atoms with Gasteiger partial charge in [0.15, 0.2) is 17.3 Å². The van der Waals surface area contributed by atoms with Gasteiger partial charge in [-0.15, -0.1) is 0 Å². The Labute approximate surface area is 175 Å². The van der Waals surface area contributed by atoms with E-state index in [-0.39, 0.29) is 18.2 Å². The molecule has 0 radical (unpaired) electrons. The fourth-order valence-corrected chi connectivity index (χ4v) is 3.15. The fourth-order valence-electron chi connectivity index (χ4n) is 3.15. The lowest BCUT2D eigenvalue weighted by Crippen LogP contribution is -2.38. The van der Waals surface area contributed by atoms with Gasteiger partial charge in [-0.3, -0.25) is 0 Å². The second kappa shape index (κ2) is 10.1. The fraction of sp³-hybridized carbons (Fsp3) is 0.348. The number of aliphatic hydroxyl groups excluding tert-OH is 1. The first-order valence-corrected chi connectivity index (χ1v) is 10.1. The van der Waals surface area contributed by atoms with E-state index in [1.807, 2.05) is 45.0 Å². The number of aliphatic hydroxyl groups is 1. The van der Waals surface area contributed by atoms with Crippen molar-refractivity contribution in [1.29, 1.82) is 0 Å². The molecule has 3 N–H and O–H groups in total. The first-order valence-electron chi connectivity index (χ1n) is 10.1. The van der Waals surface area contributed by atoms with Crippen LogP contribution in [0.4, 0.5) is 4.39 Å². The van der Waals surface area contributed by atoms with E-state index in [1.54, 1.807) is 12.1 Å². The summed E-state index contributed by atoms with van der Waals surface area (Å²) in [4.78, 5) is 4.58. The summed E-state index contributed by atoms with van der Waals surface area (Å²) in [6, 6.07) is 12.3. The average Bonchev–Trinajstić information content (AvgIpc) is 3.19. The van der Waals surface area contributed by atoms with Gasteiger partial charge >= 0.3 is 0 Å². The number of nitrogens with zero attached hydrogens (tertiary/aromatic N) is 1. The first-order chi connectivity index (χ1) is 14.5. The Morgan fingerprint density at radius 1 is 1.23 bits per heavy atom. The van der Waals surface area contributed by atoms with Gasteiger partial charge in [-0.2, -0.15) is 0 Å². The first kappa shape index (κ1) is 21.6. The van der Waals surface area contributed by atoms with Crippen LogP contribution in [0.15, 0.2) is 51.9 Å². The maximum Gasteiger partial charge on any atom is 0.192 e. The SMILES string of the molecule is CCNC(=NCc1ccc(F)c(CO)c1)NC(C)c1cc2cccc(OCC)c2o1. The minimum absolute atomic E-state index is 0.133.